The van der Waals surface area contributed by atoms with Crippen molar-refractivity contribution in [1.29, 1.82) is 0 Å². The Morgan fingerprint density at radius 2 is 1.95 bits per heavy atom. The van der Waals surface area contributed by atoms with E-state index < -0.39 is 12.0 Å². The van der Waals surface area contributed by atoms with Gasteiger partial charge in [-0.3, -0.25) is 9.78 Å². The van der Waals surface area contributed by atoms with Gasteiger partial charge in [0.1, 0.15) is 6.04 Å². The lowest BCUT2D eigenvalue weighted by atomic mass is 9.84. The molecule has 0 spiro atoms. The number of aromatic nitrogens is 1. The first-order valence-corrected chi connectivity index (χ1v) is 8.20. The quantitative estimate of drug-likeness (QED) is 0.788. The van der Waals surface area contributed by atoms with Crippen molar-refractivity contribution in [2.24, 2.45) is 5.92 Å². The van der Waals surface area contributed by atoms with E-state index in [0.717, 1.165) is 37.0 Å². The summed E-state index contributed by atoms with van der Waals surface area (Å²) >= 11 is 1.38. The van der Waals surface area contributed by atoms with Crippen molar-refractivity contribution in [3.05, 3.63) is 24.5 Å². The molecule has 6 heteroatoms. The molecule has 1 aromatic heterocycles. The average molecular weight is 308 g/mol. The number of rotatable bonds is 6. The maximum absolute atomic E-state index is 12.0. The fourth-order valence-electron chi connectivity index (χ4n) is 2.65. The Morgan fingerprint density at radius 1 is 1.29 bits per heavy atom. The van der Waals surface area contributed by atoms with Crippen molar-refractivity contribution in [3.8, 4) is 0 Å². The minimum absolute atomic E-state index is 0.0612. The highest BCUT2D eigenvalue weighted by atomic mass is 32.2. The number of carbonyl (C=O) groups excluding carboxylic acids is 1. The van der Waals surface area contributed by atoms with E-state index in [1.165, 1.54) is 11.8 Å². The van der Waals surface area contributed by atoms with E-state index in [9.17, 15) is 14.7 Å². The van der Waals surface area contributed by atoms with Crippen molar-refractivity contribution in [2.45, 2.75) is 43.0 Å². The second-order valence-electron chi connectivity index (χ2n) is 5.25. The zero-order valence-corrected chi connectivity index (χ0v) is 12.6. The van der Waals surface area contributed by atoms with Crippen LogP contribution in [0.1, 0.15) is 32.1 Å². The molecular weight excluding hydrogens is 288 g/mol. The standard InChI is InChI=1S/C15H20N2O3S/c18-13(10-21-12-6-8-16-9-7-12)17-14(15(19)20)11-4-2-1-3-5-11/h6-9,11,14H,1-5,10H2,(H,17,18)(H,19,20). The largest absolute Gasteiger partial charge is 0.480 e. The fourth-order valence-corrected chi connectivity index (χ4v) is 3.34. The molecule has 114 valence electrons. The van der Waals surface area contributed by atoms with Gasteiger partial charge in [0.05, 0.1) is 5.75 Å². The molecule has 1 saturated carbocycles. The van der Waals surface area contributed by atoms with Gasteiger partial charge in [-0.25, -0.2) is 4.79 Å². The van der Waals surface area contributed by atoms with E-state index in [1.54, 1.807) is 12.4 Å². The number of amides is 1. The monoisotopic (exact) mass is 308 g/mol. The fraction of sp³-hybridized carbons (Fsp3) is 0.533. The topological polar surface area (TPSA) is 79.3 Å². The van der Waals surface area contributed by atoms with Crippen LogP contribution in [-0.4, -0.2) is 33.8 Å². The summed E-state index contributed by atoms with van der Waals surface area (Å²) in [7, 11) is 0. The zero-order valence-electron chi connectivity index (χ0n) is 11.8. The van der Waals surface area contributed by atoms with E-state index >= 15 is 0 Å². The van der Waals surface area contributed by atoms with Crippen LogP contribution >= 0.6 is 11.8 Å². The molecule has 5 nitrogen and oxygen atoms in total. The predicted molar refractivity (Wildman–Crippen MR) is 81.1 cm³/mol. The second kappa shape index (κ2) is 8.02. The summed E-state index contributed by atoms with van der Waals surface area (Å²) in [5, 5.41) is 12.0. The van der Waals surface area contributed by atoms with Gasteiger partial charge in [-0.1, -0.05) is 19.3 Å². The first-order valence-electron chi connectivity index (χ1n) is 7.22. The SMILES string of the molecule is O=C(CSc1ccncc1)NC(C(=O)O)C1CCCCC1. The maximum atomic E-state index is 12.0. The number of nitrogens with zero attached hydrogens (tertiary/aromatic N) is 1. The summed E-state index contributed by atoms with van der Waals surface area (Å²) in [6.45, 7) is 0. The Kier molecular flexibility index (Phi) is 6.04. The van der Waals surface area contributed by atoms with Crippen LogP contribution in [0.5, 0.6) is 0 Å². The van der Waals surface area contributed by atoms with E-state index in [1.807, 2.05) is 12.1 Å². The third-order valence-corrected chi connectivity index (χ3v) is 4.74. The Morgan fingerprint density at radius 3 is 2.57 bits per heavy atom. The summed E-state index contributed by atoms with van der Waals surface area (Å²) in [6.07, 6.45) is 8.37. The van der Waals surface area contributed by atoms with Gasteiger partial charge in [0, 0.05) is 17.3 Å². The highest BCUT2D eigenvalue weighted by Gasteiger charge is 2.30. The summed E-state index contributed by atoms with van der Waals surface area (Å²) in [6, 6.07) is 2.90. The maximum Gasteiger partial charge on any atom is 0.326 e. The number of thioether (sulfide) groups is 1. The average Bonchev–Trinajstić information content (AvgIpc) is 2.52. The van der Waals surface area contributed by atoms with Gasteiger partial charge in [0.15, 0.2) is 0 Å². The van der Waals surface area contributed by atoms with Crippen molar-refractivity contribution < 1.29 is 14.7 Å². The van der Waals surface area contributed by atoms with Crippen LogP contribution in [-0.2, 0) is 9.59 Å². The lowest BCUT2D eigenvalue weighted by molar-refractivity contribution is -0.143. The molecule has 0 aliphatic heterocycles. The second-order valence-corrected chi connectivity index (χ2v) is 6.30. The molecule has 1 heterocycles. The van der Waals surface area contributed by atoms with E-state index in [-0.39, 0.29) is 17.6 Å². The third-order valence-electron chi connectivity index (χ3n) is 3.72. The number of carboxylic acids is 1. The Bertz CT molecular complexity index is 475. The normalized spacial score (nSPS) is 17.1. The molecular formula is C15H20N2O3S. The van der Waals surface area contributed by atoms with E-state index in [4.69, 9.17) is 0 Å². The molecule has 1 aliphatic rings. The van der Waals surface area contributed by atoms with Crippen LogP contribution in [0, 0.1) is 5.92 Å². The van der Waals surface area contributed by atoms with Crippen LogP contribution in [0.2, 0.25) is 0 Å². The van der Waals surface area contributed by atoms with Gasteiger partial charge in [0.25, 0.3) is 0 Å². The molecule has 2 rings (SSSR count). The molecule has 0 saturated heterocycles. The number of carbonyl (C=O) groups is 2. The summed E-state index contributed by atoms with van der Waals surface area (Å²) in [4.78, 5) is 28.2. The third kappa shape index (κ3) is 5.04. The molecule has 0 radical (unpaired) electrons. The van der Waals surface area contributed by atoms with E-state index in [0.29, 0.717) is 0 Å². The Balaban J connectivity index is 1.84. The van der Waals surface area contributed by atoms with Gasteiger partial charge >= 0.3 is 5.97 Å². The Labute approximate surface area is 128 Å². The first kappa shape index (κ1) is 15.8. The smallest absolute Gasteiger partial charge is 0.326 e. The highest BCUT2D eigenvalue weighted by Crippen LogP contribution is 2.27. The van der Waals surface area contributed by atoms with Gasteiger partial charge < -0.3 is 10.4 Å². The molecule has 0 aromatic carbocycles. The molecule has 0 bridgehead atoms. The molecule has 1 unspecified atom stereocenters. The molecule has 1 atom stereocenters. The first-order chi connectivity index (χ1) is 10.2. The molecule has 1 aliphatic carbocycles. The molecule has 1 aromatic rings. The van der Waals surface area contributed by atoms with Crippen LogP contribution in [0.25, 0.3) is 0 Å². The minimum Gasteiger partial charge on any atom is -0.480 e. The molecule has 2 N–H and O–H groups in total. The van der Waals surface area contributed by atoms with Crippen LogP contribution in [0.3, 0.4) is 0 Å². The summed E-state index contributed by atoms with van der Waals surface area (Å²) in [5.41, 5.74) is 0. The van der Waals surface area contributed by atoms with Crippen molar-refractivity contribution >= 4 is 23.6 Å². The Hall–Kier alpha value is -1.56. The number of nitrogens with one attached hydrogen (secondary N) is 1. The van der Waals surface area contributed by atoms with Crippen molar-refractivity contribution in [1.82, 2.24) is 10.3 Å². The van der Waals surface area contributed by atoms with E-state index in [2.05, 4.69) is 10.3 Å². The number of carboxylic acid groups (broad SMARTS) is 1. The lowest BCUT2D eigenvalue weighted by Gasteiger charge is -2.28. The summed E-state index contributed by atoms with van der Waals surface area (Å²) < 4.78 is 0. The van der Waals surface area contributed by atoms with Crippen LogP contribution < -0.4 is 5.32 Å². The number of pyridine rings is 1. The van der Waals surface area contributed by atoms with Crippen LogP contribution in [0.4, 0.5) is 0 Å². The highest BCUT2D eigenvalue weighted by molar-refractivity contribution is 8.00. The predicted octanol–water partition coefficient (Wildman–Crippen LogP) is 2.32. The molecule has 1 fully saturated rings. The number of hydrogen-bond donors (Lipinski definition) is 2. The summed E-state index contributed by atoms with van der Waals surface area (Å²) in [5.74, 6) is -0.870. The van der Waals surface area contributed by atoms with Gasteiger partial charge in [-0.15, -0.1) is 11.8 Å². The molecule has 1 amide bonds. The molecule has 21 heavy (non-hydrogen) atoms. The van der Waals surface area contributed by atoms with Crippen molar-refractivity contribution in [3.63, 3.8) is 0 Å². The van der Waals surface area contributed by atoms with Gasteiger partial charge in [-0.05, 0) is 30.9 Å². The zero-order chi connectivity index (χ0) is 15.1. The van der Waals surface area contributed by atoms with Crippen LogP contribution in [0.15, 0.2) is 29.4 Å². The number of aliphatic carboxylic acids is 1. The van der Waals surface area contributed by atoms with Gasteiger partial charge in [0.2, 0.25) is 5.91 Å². The lowest BCUT2D eigenvalue weighted by Crippen LogP contribution is -2.47. The van der Waals surface area contributed by atoms with Gasteiger partial charge in [-0.2, -0.15) is 0 Å². The van der Waals surface area contributed by atoms with Crippen molar-refractivity contribution in [2.75, 3.05) is 5.75 Å². The minimum atomic E-state index is -0.927. The number of hydrogen-bond acceptors (Lipinski definition) is 4.